The molecule has 1 aliphatic carbocycles. The Morgan fingerprint density at radius 2 is 1.88 bits per heavy atom. The molecule has 1 heterocycles. The fourth-order valence-corrected chi connectivity index (χ4v) is 5.00. The van der Waals surface area contributed by atoms with Crippen LogP contribution in [0.5, 0.6) is 0 Å². The molecule has 1 amide bonds. The zero-order valence-corrected chi connectivity index (χ0v) is 21.1. The highest BCUT2D eigenvalue weighted by Crippen LogP contribution is 2.32. The van der Waals surface area contributed by atoms with E-state index in [9.17, 15) is 9.59 Å². The average Bonchev–Trinajstić information content (AvgIpc) is 3.30. The Labute approximate surface area is 203 Å². The number of allylic oxidation sites excluding steroid dienone is 1. The van der Waals surface area contributed by atoms with Crippen molar-refractivity contribution in [1.82, 2.24) is 10.2 Å². The fourth-order valence-electron chi connectivity index (χ4n) is 4.61. The summed E-state index contributed by atoms with van der Waals surface area (Å²) >= 11 is 5.55. The third-order valence-electron chi connectivity index (χ3n) is 6.46. The lowest BCUT2D eigenvalue weighted by atomic mass is 9.94. The lowest BCUT2D eigenvalue weighted by molar-refractivity contribution is -0.140. The SMILES string of the molecule is CCN1C(=S)NC(c2ccc(NC(=O)CCC3CCCC3)cc2)C(C(=O)OCC(C)C)=C1C. The van der Waals surface area contributed by atoms with Gasteiger partial charge in [-0.3, -0.25) is 4.79 Å². The number of benzene rings is 1. The van der Waals surface area contributed by atoms with Crippen molar-refractivity contribution in [3.8, 4) is 0 Å². The van der Waals surface area contributed by atoms with Gasteiger partial charge < -0.3 is 20.3 Å². The van der Waals surface area contributed by atoms with Crippen molar-refractivity contribution in [3.63, 3.8) is 0 Å². The van der Waals surface area contributed by atoms with Crippen molar-refractivity contribution >= 4 is 34.9 Å². The highest BCUT2D eigenvalue weighted by Gasteiger charge is 2.34. The molecule has 0 saturated heterocycles. The second-order valence-electron chi connectivity index (χ2n) is 9.48. The van der Waals surface area contributed by atoms with Crippen LogP contribution >= 0.6 is 12.2 Å². The summed E-state index contributed by atoms with van der Waals surface area (Å²) in [5.74, 6) is 0.679. The monoisotopic (exact) mass is 471 g/mol. The van der Waals surface area contributed by atoms with Crippen LogP contribution in [0.1, 0.15) is 77.8 Å². The number of amides is 1. The molecule has 0 radical (unpaired) electrons. The van der Waals surface area contributed by atoms with Crippen LogP contribution in [0.4, 0.5) is 5.69 Å². The number of ether oxygens (including phenoxy) is 1. The number of carbonyl (C=O) groups excluding carboxylic acids is 2. The third kappa shape index (κ3) is 6.56. The topological polar surface area (TPSA) is 70.7 Å². The Morgan fingerprint density at radius 1 is 1.21 bits per heavy atom. The molecule has 1 unspecified atom stereocenters. The van der Waals surface area contributed by atoms with E-state index in [0.717, 1.165) is 23.4 Å². The molecule has 2 aliphatic rings. The third-order valence-corrected chi connectivity index (χ3v) is 6.80. The summed E-state index contributed by atoms with van der Waals surface area (Å²) < 4.78 is 5.57. The van der Waals surface area contributed by atoms with Crippen LogP contribution in [-0.2, 0) is 14.3 Å². The van der Waals surface area contributed by atoms with Crippen molar-refractivity contribution in [1.29, 1.82) is 0 Å². The Hall–Kier alpha value is -2.41. The second-order valence-corrected chi connectivity index (χ2v) is 9.86. The summed E-state index contributed by atoms with van der Waals surface area (Å²) in [4.78, 5) is 27.3. The lowest BCUT2D eigenvalue weighted by Crippen LogP contribution is -2.47. The number of hydrogen-bond acceptors (Lipinski definition) is 4. The average molecular weight is 472 g/mol. The molecule has 0 spiro atoms. The van der Waals surface area contributed by atoms with Gasteiger partial charge in [-0.2, -0.15) is 0 Å². The molecule has 6 nitrogen and oxygen atoms in total. The Kier molecular flexibility index (Phi) is 8.89. The molecule has 180 valence electrons. The van der Waals surface area contributed by atoms with Gasteiger partial charge in [0.25, 0.3) is 0 Å². The number of esters is 1. The van der Waals surface area contributed by atoms with Crippen LogP contribution in [0.3, 0.4) is 0 Å². The number of carbonyl (C=O) groups is 2. The largest absolute Gasteiger partial charge is 0.462 e. The minimum absolute atomic E-state index is 0.0545. The summed E-state index contributed by atoms with van der Waals surface area (Å²) in [6.07, 6.45) is 6.62. The van der Waals surface area contributed by atoms with Crippen molar-refractivity contribution in [2.45, 2.75) is 72.3 Å². The van der Waals surface area contributed by atoms with Gasteiger partial charge >= 0.3 is 5.97 Å². The Balaban J connectivity index is 1.72. The zero-order valence-electron chi connectivity index (χ0n) is 20.3. The highest BCUT2D eigenvalue weighted by atomic mass is 32.1. The van der Waals surface area contributed by atoms with Gasteiger partial charge in [0.05, 0.1) is 18.2 Å². The first-order chi connectivity index (χ1) is 15.8. The molecule has 1 saturated carbocycles. The van der Waals surface area contributed by atoms with E-state index in [1.165, 1.54) is 25.7 Å². The Morgan fingerprint density at radius 3 is 2.48 bits per heavy atom. The molecular formula is C26H37N3O3S. The van der Waals surface area contributed by atoms with Crippen molar-refractivity contribution in [2.75, 3.05) is 18.5 Å². The molecule has 2 N–H and O–H groups in total. The molecule has 1 aromatic carbocycles. The predicted octanol–water partition coefficient (Wildman–Crippen LogP) is 5.32. The van der Waals surface area contributed by atoms with Gasteiger partial charge in [-0.25, -0.2) is 4.79 Å². The van der Waals surface area contributed by atoms with E-state index in [1.54, 1.807) is 0 Å². The Bertz CT molecular complexity index is 889. The molecule has 3 rings (SSSR count). The maximum atomic E-state index is 13.0. The minimum atomic E-state index is -0.396. The van der Waals surface area contributed by atoms with Crippen LogP contribution in [0, 0.1) is 11.8 Å². The van der Waals surface area contributed by atoms with Crippen molar-refractivity contribution in [3.05, 3.63) is 41.1 Å². The van der Waals surface area contributed by atoms with E-state index in [4.69, 9.17) is 17.0 Å². The first-order valence-corrected chi connectivity index (χ1v) is 12.6. The maximum absolute atomic E-state index is 13.0. The summed E-state index contributed by atoms with van der Waals surface area (Å²) in [5, 5.41) is 6.89. The molecule has 33 heavy (non-hydrogen) atoms. The summed E-state index contributed by atoms with van der Waals surface area (Å²) in [5.41, 5.74) is 3.03. The molecule has 0 bridgehead atoms. The fraction of sp³-hybridized carbons (Fsp3) is 0.577. The quantitative estimate of drug-likeness (QED) is 0.375. The second kappa shape index (κ2) is 11.6. The molecule has 1 fully saturated rings. The number of nitrogens with one attached hydrogen (secondary N) is 2. The first-order valence-electron chi connectivity index (χ1n) is 12.2. The standard InChI is InChI=1S/C26H37N3O3S/c1-5-29-18(4)23(25(31)32-16-17(2)3)24(28-26(29)33)20-11-13-21(14-12-20)27-22(30)15-10-19-8-6-7-9-19/h11-14,17,19,24H,5-10,15-16H2,1-4H3,(H,27,30)(H,28,33). The number of nitrogens with zero attached hydrogens (tertiary/aromatic N) is 1. The number of thiocarbonyl (C=S) groups is 1. The number of hydrogen-bond donors (Lipinski definition) is 2. The van der Waals surface area contributed by atoms with Crippen LogP contribution < -0.4 is 10.6 Å². The van der Waals surface area contributed by atoms with Gasteiger partial charge in [0, 0.05) is 24.4 Å². The van der Waals surface area contributed by atoms with Crippen molar-refractivity contribution < 1.29 is 14.3 Å². The van der Waals surface area contributed by atoms with E-state index in [-0.39, 0.29) is 17.8 Å². The minimum Gasteiger partial charge on any atom is -0.462 e. The van der Waals surface area contributed by atoms with Gasteiger partial charge in [0.1, 0.15) is 0 Å². The zero-order chi connectivity index (χ0) is 24.0. The normalized spacial score (nSPS) is 19.1. The van der Waals surface area contributed by atoms with Crippen LogP contribution in [0.15, 0.2) is 35.5 Å². The van der Waals surface area contributed by atoms with Crippen molar-refractivity contribution in [2.24, 2.45) is 11.8 Å². The maximum Gasteiger partial charge on any atom is 0.338 e. The smallest absolute Gasteiger partial charge is 0.338 e. The van der Waals surface area contributed by atoms with Gasteiger partial charge in [-0.15, -0.1) is 0 Å². The number of rotatable bonds is 9. The van der Waals surface area contributed by atoms with Crippen LogP contribution in [0.25, 0.3) is 0 Å². The highest BCUT2D eigenvalue weighted by molar-refractivity contribution is 7.80. The van der Waals surface area contributed by atoms with Gasteiger partial charge in [0.15, 0.2) is 5.11 Å². The van der Waals surface area contributed by atoms with E-state index in [1.807, 2.05) is 56.9 Å². The summed E-state index contributed by atoms with van der Waals surface area (Å²) in [7, 11) is 0. The summed E-state index contributed by atoms with van der Waals surface area (Å²) in [6.45, 7) is 8.97. The van der Waals surface area contributed by atoms with Crippen LogP contribution in [0.2, 0.25) is 0 Å². The molecule has 1 atom stereocenters. The molecule has 0 aromatic heterocycles. The van der Waals surface area contributed by atoms with E-state index >= 15 is 0 Å². The lowest BCUT2D eigenvalue weighted by Gasteiger charge is -2.37. The van der Waals surface area contributed by atoms with E-state index in [0.29, 0.717) is 36.2 Å². The number of anilines is 1. The molecule has 7 heteroatoms. The molecular weight excluding hydrogens is 434 g/mol. The predicted molar refractivity (Wildman–Crippen MR) is 136 cm³/mol. The molecule has 1 aromatic rings. The van der Waals surface area contributed by atoms with Gasteiger partial charge in [-0.1, -0.05) is 51.7 Å². The first kappa shape index (κ1) is 25.2. The van der Waals surface area contributed by atoms with Gasteiger partial charge in [-0.05, 0) is 62.0 Å². The van der Waals surface area contributed by atoms with Gasteiger partial charge in [0.2, 0.25) is 5.91 Å². The molecule has 1 aliphatic heterocycles. The van der Waals surface area contributed by atoms with Crippen LogP contribution in [-0.4, -0.2) is 35.0 Å². The summed E-state index contributed by atoms with van der Waals surface area (Å²) in [6, 6.07) is 7.22. The van der Waals surface area contributed by atoms with E-state index < -0.39 is 6.04 Å². The van der Waals surface area contributed by atoms with E-state index in [2.05, 4.69) is 10.6 Å².